The van der Waals surface area contributed by atoms with Crippen LogP contribution in [-0.4, -0.2) is 62.2 Å². The Kier molecular flexibility index (Phi) is 7.42. The summed E-state index contributed by atoms with van der Waals surface area (Å²) >= 11 is 12.1. The molecule has 1 saturated heterocycles. The van der Waals surface area contributed by atoms with Crippen LogP contribution in [0.5, 0.6) is 0 Å². The van der Waals surface area contributed by atoms with Crippen LogP contribution in [0.4, 0.5) is 0 Å². The van der Waals surface area contributed by atoms with Gasteiger partial charge in [0.2, 0.25) is 21.8 Å². The maximum absolute atomic E-state index is 12.9. The molecule has 29 heavy (non-hydrogen) atoms. The zero-order chi connectivity index (χ0) is 21.0. The highest BCUT2D eigenvalue weighted by Gasteiger charge is 2.33. The number of carbonyl (C=O) groups excluding carboxylic acids is 2. The number of rotatable bonds is 5. The van der Waals surface area contributed by atoms with Crippen LogP contribution >= 0.6 is 23.2 Å². The van der Waals surface area contributed by atoms with Gasteiger partial charge >= 0.3 is 0 Å². The van der Waals surface area contributed by atoms with Gasteiger partial charge in [-0.3, -0.25) is 9.59 Å². The third-order valence-electron chi connectivity index (χ3n) is 5.50. The lowest BCUT2D eigenvalue weighted by Crippen LogP contribution is -2.52. The number of halogens is 2. The molecule has 1 aromatic rings. The van der Waals surface area contributed by atoms with Crippen molar-refractivity contribution < 1.29 is 18.0 Å². The van der Waals surface area contributed by atoms with E-state index in [-0.39, 0.29) is 65.4 Å². The smallest absolute Gasteiger partial charge is 0.246 e. The number of piperazine rings is 1. The minimum absolute atomic E-state index is 0.00101. The Labute approximate surface area is 181 Å². The Morgan fingerprint density at radius 3 is 2.17 bits per heavy atom. The molecule has 2 amide bonds. The van der Waals surface area contributed by atoms with E-state index in [4.69, 9.17) is 23.2 Å². The second-order valence-corrected chi connectivity index (χ2v) is 10.1. The number of nitrogens with zero attached hydrogens (tertiary/aromatic N) is 2. The predicted molar refractivity (Wildman–Crippen MR) is 111 cm³/mol. The molecule has 0 bridgehead atoms. The summed E-state index contributed by atoms with van der Waals surface area (Å²) in [4.78, 5) is 26.1. The van der Waals surface area contributed by atoms with Crippen molar-refractivity contribution in [1.29, 1.82) is 0 Å². The lowest BCUT2D eigenvalue weighted by atomic mass is 9.89. The minimum atomic E-state index is -3.85. The van der Waals surface area contributed by atoms with Crippen LogP contribution in [0.15, 0.2) is 23.1 Å². The molecule has 1 saturated carbocycles. The van der Waals surface area contributed by atoms with Crippen LogP contribution in [0.2, 0.25) is 10.0 Å². The average molecular weight is 462 g/mol. The van der Waals surface area contributed by atoms with Gasteiger partial charge < -0.3 is 10.2 Å². The average Bonchev–Trinajstić information content (AvgIpc) is 2.72. The molecule has 0 radical (unpaired) electrons. The third-order valence-corrected chi connectivity index (χ3v) is 8.35. The normalized spacial score (nSPS) is 19.2. The number of carbonyl (C=O) groups is 2. The summed E-state index contributed by atoms with van der Waals surface area (Å²) in [6, 6.07) is 4.55. The number of sulfonamides is 1. The molecule has 1 heterocycles. The molecular formula is C19H25Cl2N3O4S. The Morgan fingerprint density at radius 2 is 1.59 bits per heavy atom. The number of benzene rings is 1. The fourth-order valence-electron chi connectivity index (χ4n) is 3.82. The first kappa shape index (κ1) is 22.3. The van der Waals surface area contributed by atoms with Crippen LogP contribution in [0.1, 0.15) is 32.1 Å². The molecule has 1 N–H and O–H groups in total. The molecule has 1 aromatic carbocycles. The third kappa shape index (κ3) is 5.23. The fraction of sp³-hybridized carbons (Fsp3) is 0.579. The summed E-state index contributed by atoms with van der Waals surface area (Å²) in [5.74, 6) is -0.270. The lowest BCUT2D eigenvalue weighted by molar-refractivity contribution is -0.135. The van der Waals surface area contributed by atoms with Crippen molar-refractivity contribution in [2.75, 3.05) is 32.7 Å². The van der Waals surface area contributed by atoms with Crippen LogP contribution in [0, 0.1) is 5.92 Å². The standard InChI is InChI=1S/C19H25Cl2N3O4S/c20-15-7-4-8-16(21)18(15)29(27,28)24-11-9-23(10-12-24)17(25)13-22-19(26)14-5-2-1-3-6-14/h4,7-8,14H,1-3,5-6,9-13H2,(H,22,26). The predicted octanol–water partition coefficient (Wildman–Crippen LogP) is 2.52. The molecule has 1 aliphatic carbocycles. The summed E-state index contributed by atoms with van der Waals surface area (Å²) < 4.78 is 27.1. The van der Waals surface area contributed by atoms with Crippen LogP contribution < -0.4 is 5.32 Å². The molecule has 0 unspecified atom stereocenters. The Bertz CT molecular complexity index is 844. The SMILES string of the molecule is O=C(NCC(=O)N1CCN(S(=O)(=O)c2c(Cl)cccc2Cl)CC1)C1CCCCC1. The van der Waals surface area contributed by atoms with E-state index >= 15 is 0 Å². The Hall–Kier alpha value is -1.35. The van der Waals surface area contributed by atoms with Crippen molar-refractivity contribution in [3.63, 3.8) is 0 Å². The van der Waals surface area contributed by atoms with Gasteiger partial charge in [0.25, 0.3) is 0 Å². The number of hydrogen-bond donors (Lipinski definition) is 1. The molecule has 7 nitrogen and oxygen atoms in total. The van der Waals surface area contributed by atoms with E-state index in [9.17, 15) is 18.0 Å². The van der Waals surface area contributed by atoms with Gasteiger partial charge in [-0.1, -0.05) is 48.5 Å². The van der Waals surface area contributed by atoms with Gasteiger partial charge in [-0.25, -0.2) is 8.42 Å². The van der Waals surface area contributed by atoms with Crippen molar-refractivity contribution in [3.05, 3.63) is 28.2 Å². The van der Waals surface area contributed by atoms with Crippen molar-refractivity contribution >= 4 is 45.0 Å². The quantitative estimate of drug-likeness (QED) is 0.729. The molecular weight excluding hydrogens is 437 g/mol. The highest BCUT2D eigenvalue weighted by molar-refractivity contribution is 7.89. The molecule has 0 atom stereocenters. The summed E-state index contributed by atoms with van der Waals surface area (Å²) in [6.45, 7) is 0.732. The van der Waals surface area contributed by atoms with Gasteiger partial charge in [0, 0.05) is 32.1 Å². The molecule has 3 rings (SSSR count). The Morgan fingerprint density at radius 1 is 1.00 bits per heavy atom. The molecule has 0 spiro atoms. The maximum atomic E-state index is 12.9. The van der Waals surface area contributed by atoms with Crippen LogP contribution in [-0.2, 0) is 19.6 Å². The summed E-state index contributed by atoms with van der Waals surface area (Å²) in [5.41, 5.74) is 0. The lowest BCUT2D eigenvalue weighted by Gasteiger charge is -2.34. The van der Waals surface area contributed by atoms with E-state index in [1.165, 1.54) is 16.4 Å². The molecule has 0 aromatic heterocycles. The van der Waals surface area contributed by atoms with Gasteiger partial charge in [-0.15, -0.1) is 0 Å². The zero-order valence-electron chi connectivity index (χ0n) is 16.1. The van der Waals surface area contributed by atoms with Gasteiger partial charge in [0.15, 0.2) is 0 Å². The molecule has 2 aliphatic rings. The minimum Gasteiger partial charge on any atom is -0.347 e. The number of amides is 2. The first-order valence-electron chi connectivity index (χ1n) is 9.80. The van der Waals surface area contributed by atoms with Crippen LogP contribution in [0.3, 0.4) is 0 Å². The molecule has 1 aliphatic heterocycles. The first-order chi connectivity index (χ1) is 13.8. The summed E-state index contributed by atoms with van der Waals surface area (Å²) in [7, 11) is -3.85. The second-order valence-electron chi connectivity index (χ2n) is 7.39. The number of hydrogen-bond acceptors (Lipinski definition) is 4. The van der Waals surface area contributed by atoms with Crippen molar-refractivity contribution in [2.24, 2.45) is 5.92 Å². The summed E-state index contributed by atoms with van der Waals surface area (Å²) in [5, 5.41) is 2.88. The van der Waals surface area contributed by atoms with E-state index in [1.54, 1.807) is 11.0 Å². The van der Waals surface area contributed by atoms with Gasteiger partial charge in [0.05, 0.1) is 16.6 Å². The van der Waals surface area contributed by atoms with Crippen molar-refractivity contribution in [2.45, 2.75) is 37.0 Å². The monoisotopic (exact) mass is 461 g/mol. The van der Waals surface area contributed by atoms with E-state index in [1.807, 2.05) is 0 Å². The largest absolute Gasteiger partial charge is 0.347 e. The zero-order valence-corrected chi connectivity index (χ0v) is 18.4. The molecule has 2 fully saturated rings. The van der Waals surface area contributed by atoms with Gasteiger partial charge in [-0.2, -0.15) is 4.31 Å². The van der Waals surface area contributed by atoms with E-state index in [2.05, 4.69) is 5.32 Å². The highest BCUT2D eigenvalue weighted by atomic mass is 35.5. The highest BCUT2D eigenvalue weighted by Crippen LogP contribution is 2.31. The van der Waals surface area contributed by atoms with Gasteiger partial charge in [-0.05, 0) is 25.0 Å². The van der Waals surface area contributed by atoms with E-state index < -0.39 is 10.0 Å². The molecule has 160 valence electrons. The van der Waals surface area contributed by atoms with Gasteiger partial charge in [0.1, 0.15) is 4.90 Å². The first-order valence-corrected chi connectivity index (χ1v) is 12.0. The van der Waals surface area contributed by atoms with E-state index in [0.29, 0.717) is 0 Å². The van der Waals surface area contributed by atoms with Crippen molar-refractivity contribution in [1.82, 2.24) is 14.5 Å². The molecule has 10 heteroatoms. The maximum Gasteiger partial charge on any atom is 0.246 e. The van der Waals surface area contributed by atoms with Crippen LogP contribution in [0.25, 0.3) is 0 Å². The van der Waals surface area contributed by atoms with E-state index in [0.717, 1.165) is 32.1 Å². The topological polar surface area (TPSA) is 86.8 Å². The van der Waals surface area contributed by atoms with Crippen molar-refractivity contribution in [3.8, 4) is 0 Å². The Balaban J connectivity index is 1.53. The fourth-order valence-corrected chi connectivity index (χ4v) is 6.33. The number of nitrogens with one attached hydrogen (secondary N) is 1. The summed E-state index contributed by atoms with van der Waals surface area (Å²) in [6.07, 6.45) is 5.02. The second kappa shape index (κ2) is 9.64.